The molecule has 0 radical (unpaired) electrons. The average molecular weight is 242 g/mol. The van der Waals surface area contributed by atoms with Crippen molar-refractivity contribution >= 4 is 12.6 Å². The van der Waals surface area contributed by atoms with Crippen molar-refractivity contribution in [2.24, 2.45) is 0 Å². The Labute approximate surface area is 107 Å². The van der Waals surface area contributed by atoms with E-state index in [2.05, 4.69) is 6.07 Å². The minimum atomic E-state index is -1.34. The summed E-state index contributed by atoms with van der Waals surface area (Å²) in [7, 11) is -1.34. The first-order valence-electron chi connectivity index (χ1n) is 5.89. The molecule has 0 aliphatic carbocycles. The van der Waals surface area contributed by atoms with Crippen LogP contribution in [0, 0.1) is 0 Å². The van der Waals surface area contributed by atoms with E-state index < -0.39 is 7.12 Å². The second-order valence-electron chi connectivity index (χ2n) is 3.99. The molecule has 2 aromatic rings. The van der Waals surface area contributed by atoms with E-state index in [0.29, 0.717) is 5.46 Å². The summed E-state index contributed by atoms with van der Waals surface area (Å²) in [5.41, 5.74) is 1.87. The Morgan fingerprint density at radius 2 is 1.56 bits per heavy atom. The molecule has 92 valence electrons. The van der Waals surface area contributed by atoms with Gasteiger partial charge in [0.25, 0.3) is 0 Å². The lowest BCUT2D eigenvalue weighted by atomic mass is 9.81. The van der Waals surface area contributed by atoms with Crippen molar-refractivity contribution in [1.82, 2.24) is 0 Å². The van der Waals surface area contributed by atoms with E-state index >= 15 is 0 Å². The minimum absolute atomic E-state index is 0.525. The first kappa shape index (κ1) is 12.7. The lowest BCUT2D eigenvalue weighted by Crippen LogP contribution is -2.29. The van der Waals surface area contributed by atoms with Gasteiger partial charge in [-0.1, -0.05) is 48.5 Å². The first-order valence-corrected chi connectivity index (χ1v) is 5.89. The fourth-order valence-corrected chi connectivity index (χ4v) is 1.75. The van der Waals surface area contributed by atoms with Crippen molar-refractivity contribution in [2.45, 2.75) is 6.42 Å². The van der Waals surface area contributed by atoms with Gasteiger partial charge < -0.3 is 14.8 Å². The fraction of sp³-hybridized carbons (Fsp3) is 0.143. The van der Waals surface area contributed by atoms with E-state index in [-0.39, 0.29) is 0 Å². The Morgan fingerprint density at radius 3 is 2.17 bits per heavy atom. The number of hydrogen-bond acceptors (Lipinski definition) is 3. The largest absolute Gasteiger partial charge is 0.493 e. The Balaban J connectivity index is 0.000000134. The van der Waals surface area contributed by atoms with Crippen molar-refractivity contribution in [2.75, 3.05) is 6.61 Å². The molecule has 18 heavy (non-hydrogen) atoms. The molecule has 4 heteroatoms. The van der Waals surface area contributed by atoms with Gasteiger partial charge in [0.05, 0.1) is 6.61 Å². The zero-order valence-electron chi connectivity index (χ0n) is 9.99. The number of ether oxygens (including phenoxy) is 1. The molecule has 3 nitrogen and oxygen atoms in total. The average Bonchev–Trinajstić information content (AvgIpc) is 2.89. The molecule has 1 heterocycles. The second-order valence-corrected chi connectivity index (χ2v) is 3.99. The van der Waals surface area contributed by atoms with Crippen LogP contribution >= 0.6 is 0 Å². The Morgan fingerprint density at radius 1 is 0.889 bits per heavy atom. The molecule has 0 amide bonds. The molecular weight excluding hydrogens is 227 g/mol. The minimum Gasteiger partial charge on any atom is -0.493 e. The highest BCUT2D eigenvalue weighted by atomic mass is 16.5. The highest BCUT2D eigenvalue weighted by Crippen LogP contribution is 2.23. The third kappa shape index (κ3) is 3.36. The molecule has 0 aromatic heterocycles. The van der Waals surface area contributed by atoms with Gasteiger partial charge in [-0.2, -0.15) is 0 Å². The molecule has 0 fully saturated rings. The lowest BCUT2D eigenvalue weighted by Gasteiger charge is -1.94. The number of hydrogen-bond donors (Lipinski definition) is 2. The molecular formula is C14H15BO3. The van der Waals surface area contributed by atoms with Crippen LogP contribution < -0.4 is 10.2 Å². The van der Waals surface area contributed by atoms with Gasteiger partial charge in [-0.15, -0.1) is 0 Å². The molecule has 0 saturated carbocycles. The highest BCUT2D eigenvalue weighted by molar-refractivity contribution is 6.58. The summed E-state index contributed by atoms with van der Waals surface area (Å²) in [6.07, 6.45) is 1.08. The Bertz CT molecular complexity index is 462. The summed E-state index contributed by atoms with van der Waals surface area (Å²) >= 11 is 0. The summed E-state index contributed by atoms with van der Waals surface area (Å²) in [6.45, 7) is 0.860. The summed E-state index contributed by atoms with van der Waals surface area (Å²) in [5, 5.41) is 17.2. The van der Waals surface area contributed by atoms with E-state index in [0.717, 1.165) is 18.8 Å². The molecule has 2 N–H and O–H groups in total. The van der Waals surface area contributed by atoms with Gasteiger partial charge in [-0.05, 0) is 17.1 Å². The van der Waals surface area contributed by atoms with Crippen LogP contribution in [0.25, 0.3) is 0 Å². The van der Waals surface area contributed by atoms with Crippen LogP contribution in [0.2, 0.25) is 0 Å². The van der Waals surface area contributed by atoms with Gasteiger partial charge in [0.1, 0.15) is 5.75 Å². The Kier molecular flexibility index (Phi) is 4.39. The van der Waals surface area contributed by atoms with Gasteiger partial charge in [0.2, 0.25) is 0 Å². The van der Waals surface area contributed by atoms with Gasteiger partial charge in [-0.25, -0.2) is 0 Å². The normalized spacial score (nSPS) is 11.9. The zero-order chi connectivity index (χ0) is 12.8. The van der Waals surface area contributed by atoms with Crippen molar-refractivity contribution in [3.8, 4) is 5.75 Å². The van der Waals surface area contributed by atoms with Crippen molar-refractivity contribution in [1.29, 1.82) is 0 Å². The number of benzene rings is 2. The fourth-order valence-electron chi connectivity index (χ4n) is 1.75. The van der Waals surface area contributed by atoms with Gasteiger partial charge in [0, 0.05) is 6.42 Å². The molecule has 1 aliphatic heterocycles. The van der Waals surface area contributed by atoms with Crippen molar-refractivity contribution < 1.29 is 14.8 Å². The van der Waals surface area contributed by atoms with Crippen molar-refractivity contribution in [3.63, 3.8) is 0 Å². The quantitative estimate of drug-likeness (QED) is 0.733. The van der Waals surface area contributed by atoms with Gasteiger partial charge >= 0.3 is 7.12 Å². The maximum atomic E-state index is 8.58. The molecule has 0 bridgehead atoms. The van der Waals surface area contributed by atoms with Crippen LogP contribution in [0.3, 0.4) is 0 Å². The van der Waals surface area contributed by atoms with E-state index in [4.69, 9.17) is 14.8 Å². The SMILES string of the molecule is OB(O)c1ccccc1.c1ccc2c(c1)CCO2. The van der Waals surface area contributed by atoms with Crippen LogP contribution in [-0.4, -0.2) is 23.8 Å². The predicted octanol–water partition coefficient (Wildman–Crippen LogP) is 0.988. The summed E-state index contributed by atoms with van der Waals surface area (Å²) < 4.78 is 5.30. The maximum absolute atomic E-state index is 8.58. The number of fused-ring (bicyclic) bond motifs is 1. The van der Waals surface area contributed by atoms with Crippen LogP contribution in [-0.2, 0) is 6.42 Å². The van der Waals surface area contributed by atoms with Gasteiger partial charge in [0.15, 0.2) is 0 Å². The lowest BCUT2D eigenvalue weighted by molar-refractivity contribution is 0.357. The summed E-state index contributed by atoms with van der Waals surface area (Å²) in [6, 6.07) is 16.8. The third-order valence-corrected chi connectivity index (χ3v) is 2.70. The summed E-state index contributed by atoms with van der Waals surface area (Å²) in [5.74, 6) is 1.07. The maximum Gasteiger partial charge on any atom is 0.488 e. The molecule has 1 aliphatic rings. The molecule has 0 atom stereocenters. The predicted molar refractivity (Wildman–Crippen MR) is 71.9 cm³/mol. The first-order chi connectivity index (χ1) is 8.77. The third-order valence-electron chi connectivity index (χ3n) is 2.70. The standard InChI is InChI=1S/C8H8O.C6H7BO2/c1-2-4-8-7(3-1)5-6-9-8;8-7(9)6-4-2-1-3-5-6/h1-4H,5-6H2;1-5,8-9H. The highest BCUT2D eigenvalue weighted by Gasteiger charge is 2.08. The second kappa shape index (κ2) is 6.24. The molecule has 0 unspecified atom stereocenters. The van der Waals surface area contributed by atoms with E-state index in [1.807, 2.05) is 24.3 Å². The topological polar surface area (TPSA) is 49.7 Å². The van der Waals surface area contributed by atoms with Crippen LogP contribution in [0.4, 0.5) is 0 Å². The van der Waals surface area contributed by atoms with Crippen LogP contribution in [0.5, 0.6) is 5.75 Å². The van der Waals surface area contributed by atoms with E-state index in [1.165, 1.54) is 5.56 Å². The molecule has 0 spiro atoms. The Hall–Kier alpha value is -1.78. The van der Waals surface area contributed by atoms with E-state index in [1.54, 1.807) is 24.3 Å². The zero-order valence-corrected chi connectivity index (χ0v) is 9.99. The van der Waals surface area contributed by atoms with Crippen molar-refractivity contribution in [3.05, 3.63) is 60.2 Å². The number of rotatable bonds is 1. The molecule has 0 saturated heterocycles. The van der Waals surface area contributed by atoms with E-state index in [9.17, 15) is 0 Å². The summed E-state index contributed by atoms with van der Waals surface area (Å²) in [4.78, 5) is 0. The molecule has 2 aromatic carbocycles. The monoisotopic (exact) mass is 242 g/mol. The van der Waals surface area contributed by atoms with Crippen LogP contribution in [0.1, 0.15) is 5.56 Å². The smallest absolute Gasteiger partial charge is 0.488 e. The molecule has 3 rings (SSSR count). The van der Waals surface area contributed by atoms with Gasteiger partial charge in [-0.3, -0.25) is 0 Å². The number of para-hydroxylation sites is 1. The van der Waals surface area contributed by atoms with Crippen LogP contribution in [0.15, 0.2) is 54.6 Å².